The van der Waals surface area contributed by atoms with E-state index >= 15 is 0 Å². The quantitative estimate of drug-likeness (QED) is 0.862. The Morgan fingerprint density at radius 3 is 2.53 bits per heavy atom. The first-order chi connectivity index (χ1) is 7.79. The Morgan fingerprint density at radius 2 is 2.00 bits per heavy atom. The summed E-state index contributed by atoms with van der Waals surface area (Å²) < 4.78 is 35.9. The molecular weight excluding hydrogens is 235 g/mol. The van der Waals surface area contributed by atoms with Gasteiger partial charge in [-0.2, -0.15) is 13.2 Å². The minimum atomic E-state index is -4.54. The van der Waals surface area contributed by atoms with Crippen LogP contribution in [-0.2, 0) is 4.79 Å². The lowest BCUT2D eigenvalue weighted by molar-refractivity contribution is -0.150. The summed E-state index contributed by atoms with van der Waals surface area (Å²) in [6, 6.07) is 6.17. The van der Waals surface area contributed by atoms with Gasteiger partial charge in [-0.15, -0.1) is 0 Å². The fourth-order valence-corrected chi connectivity index (χ4v) is 1.35. The van der Waals surface area contributed by atoms with Gasteiger partial charge in [0.1, 0.15) is 6.42 Å². The van der Waals surface area contributed by atoms with Gasteiger partial charge in [0.2, 0.25) is 5.91 Å². The van der Waals surface area contributed by atoms with Crippen molar-refractivity contribution in [1.82, 2.24) is 0 Å². The van der Waals surface area contributed by atoms with Crippen molar-refractivity contribution in [1.29, 1.82) is 0 Å². The molecule has 0 heterocycles. The molecular formula is C11H12F3NO2. The first kappa shape index (κ1) is 13.5. The Balaban J connectivity index is 2.78. The van der Waals surface area contributed by atoms with E-state index in [-0.39, 0.29) is 5.69 Å². The number of hydrogen-bond acceptors (Lipinski definition) is 2. The SMILES string of the molecule is CC(O)c1ccccc1NC(=O)CC(F)(F)F. The zero-order valence-electron chi connectivity index (χ0n) is 9.08. The molecule has 0 aromatic heterocycles. The van der Waals surface area contributed by atoms with Crippen LogP contribution in [0.4, 0.5) is 18.9 Å². The lowest BCUT2D eigenvalue weighted by Crippen LogP contribution is -2.21. The van der Waals surface area contributed by atoms with Crippen molar-refractivity contribution < 1.29 is 23.1 Å². The van der Waals surface area contributed by atoms with Crippen LogP contribution in [0.5, 0.6) is 0 Å². The van der Waals surface area contributed by atoms with Crippen molar-refractivity contribution in [2.24, 2.45) is 0 Å². The van der Waals surface area contributed by atoms with E-state index in [1.165, 1.54) is 19.1 Å². The molecule has 0 aliphatic carbocycles. The maximum atomic E-state index is 12.0. The summed E-state index contributed by atoms with van der Waals surface area (Å²) in [7, 11) is 0. The molecule has 0 saturated heterocycles. The summed E-state index contributed by atoms with van der Waals surface area (Å²) >= 11 is 0. The van der Waals surface area contributed by atoms with Gasteiger partial charge in [-0.05, 0) is 13.0 Å². The van der Waals surface area contributed by atoms with Gasteiger partial charge in [-0.3, -0.25) is 4.79 Å². The van der Waals surface area contributed by atoms with Gasteiger partial charge in [0, 0.05) is 11.3 Å². The van der Waals surface area contributed by atoms with E-state index in [2.05, 4.69) is 5.32 Å². The molecule has 6 heteroatoms. The third kappa shape index (κ3) is 4.44. The van der Waals surface area contributed by atoms with Crippen LogP contribution in [-0.4, -0.2) is 17.2 Å². The lowest BCUT2D eigenvalue weighted by Gasteiger charge is -2.13. The number of carbonyl (C=O) groups excluding carboxylic acids is 1. The second-order valence-electron chi connectivity index (χ2n) is 3.60. The second-order valence-corrected chi connectivity index (χ2v) is 3.60. The van der Waals surface area contributed by atoms with Crippen LogP contribution >= 0.6 is 0 Å². The molecule has 17 heavy (non-hydrogen) atoms. The Hall–Kier alpha value is -1.56. The van der Waals surface area contributed by atoms with Crippen molar-refractivity contribution in [2.45, 2.75) is 25.6 Å². The number of aliphatic hydroxyl groups is 1. The van der Waals surface area contributed by atoms with E-state index < -0.39 is 24.6 Å². The number of alkyl halides is 3. The molecule has 0 saturated carbocycles. The summed E-state index contributed by atoms with van der Waals surface area (Å²) in [4.78, 5) is 11.1. The summed E-state index contributed by atoms with van der Waals surface area (Å²) in [6.45, 7) is 1.47. The fraction of sp³-hybridized carbons (Fsp3) is 0.364. The van der Waals surface area contributed by atoms with Crippen LogP contribution in [0.3, 0.4) is 0 Å². The number of para-hydroxylation sites is 1. The highest BCUT2D eigenvalue weighted by atomic mass is 19.4. The molecule has 0 aliphatic rings. The molecule has 1 unspecified atom stereocenters. The minimum absolute atomic E-state index is 0.191. The molecule has 0 radical (unpaired) electrons. The van der Waals surface area contributed by atoms with Gasteiger partial charge < -0.3 is 10.4 Å². The van der Waals surface area contributed by atoms with Gasteiger partial charge in [0.05, 0.1) is 6.10 Å². The fourth-order valence-electron chi connectivity index (χ4n) is 1.35. The van der Waals surface area contributed by atoms with E-state index in [0.29, 0.717) is 5.56 Å². The van der Waals surface area contributed by atoms with Crippen LogP contribution in [0.2, 0.25) is 0 Å². The molecule has 0 aliphatic heterocycles. The lowest BCUT2D eigenvalue weighted by atomic mass is 10.1. The van der Waals surface area contributed by atoms with E-state index in [1.807, 2.05) is 0 Å². The normalized spacial score (nSPS) is 13.2. The largest absolute Gasteiger partial charge is 0.397 e. The van der Waals surface area contributed by atoms with Crippen LogP contribution in [0.1, 0.15) is 25.0 Å². The molecule has 2 N–H and O–H groups in total. The van der Waals surface area contributed by atoms with Crippen molar-refractivity contribution in [3.8, 4) is 0 Å². The maximum Gasteiger partial charge on any atom is 0.397 e. The molecule has 1 aromatic rings. The molecule has 0 spiro atoms. The van der Waals surface area contributed by atoms with Gasteiger partial charge in [0.15, 0.2) is 0 Å². The molecule has 1 aromatic carbocycles. The minimum Gasteiger partial charge on any atom is -0.389 e. The smallest absolute Gasteiger partial charge is 0.389 e. The standard InChI is InChI=1S/C11H12F3NO2/c1-7(16)8-4-2-3-5-9(8)15-10(17)6-11(12,13)14/h2-5,7,16H,6H2,1H3,(H,15,17). The third-order valence-corrected chi connectivity index (χ3v) is 2.05. The number of hydrogen-bond donors (Lipinski definition) is 2. The van der Waals surface area contributed by atoms with E-state index in [9.17, 15) is 23.1 Å². The Bertz CT molecular complexity index is 402. The number of carbonyl (C=O) groups is 1. The number of rotatable bonds is 3. The van der Waals surface area contributed by atoms with Gasteiger partial charge in [0.25, 0.3) is 0 Å². The number of halogens is 3. The third-order valence-electron chi connectivity index (χ3n) is 2.05. The Kier molecular flexibility index (Phi) is 4.11. The molecule has 1 rings (SSSR count). The predicted molar refractivity (Wildman–Crippen MR) is 56.4 cm³/mol. The molecule has 1 amide bonds. The number of nitrogens with one attached hydrogen (secondary N) is 1. The highest BCUT2D eigenvalue weighted by Crippen LogP contribution is 2.24. The van der Waals surface area contributed by atoms with Gasteiger partial charge in [-0.25, -0.2) is 0 Å². The van der Waals surface area contributed by atoms with E-state index in [0.717, 1.165) is 0 Å². The first-order valence-electron chi connectivity index (χ1n) is 4.93. The number of benzene rings is 1. The number of amides is 1. The number of anilines is 1. The van der Waals surface area contributed by atoms with Crippen molar-refractivity contribution in [3.05, 3.63) is 29.8 Å². The molecule has 1 atom stereocenters. The average Bonchev–Trinajstić information content (AvgIpc) is 2.14. The summed E-state index contributed by atoms with van der Waals surface area (Å²) in [5.74, 6) is -1.15. The number of aliphatic hydroxyl groups excluding tert-OH is 1. The topological polar surface area (TPSA) is 49.3 Å². The average molecular weight is 247 g/mol. The Morgan fingerprint density at radius 1 is 1.41 bits per heavy atom. The predicted octanol–water partition coefficient (Wildman–Crippen LogP) is 2.63. The summed E-state index contributed by atoms with van der Waals surface area (Å²) in [5, 5.41) is 11.5. The second kappa shape index (κ2) is 5.18. The van der Waals surface area contributed by atoms with Crippen molar-refractivity contribution >= 4 is 11.6 Å². The van der Waals surface area contributed by atoms with Crippen LogP contribution in [0.25, 0.3) is 0 Å². The zero-order chi connectivity index (χ0) is 13.1. The van der Waals surface area contributed by atoms with Crippen molar-refractivity contribution in [3.63, 3.8) is 0 Å². The van der Waals surface area contributed by atoms with Gasteiger partial charge in [-0.1, -0.05) is 18.2 Å². The van der Waals surface area contributed by atoms with Crippen molar-refractivity contribution in [2.75, 3.05) is 5.32 Å². The Labute approximate surface area is 96.3 Å². The van der Waals surface area contributed by atoms with Crippen LogP contribution < -0.4 is 5.32 Å². The van der Waals surface area contributed by atoms with Crippen LogP contribution in [0, 0.1) is 0 Å². The highest BCUT2D eigenvalue weighted by Gasteiger charge is 2.31. The van der Waals surface area contributed by atoms with Gasteiger partial charge >= 0.3 is 6.18 Å². The summed E-state index contributed by atoms with van der Waals surface area (Å²) in [6.07, 6.45) is -6.94. The monoisotopic (exact) mass is 247 g/mol. The zero-order valence-corrected chi connectivity index (χ0v) is 9.08. The van der Waals surface area contributed by atoms with E-state index in [1.54, 1.807) is 12.1 Å². The maximum absolute atomic E-state index is 12.0. The van der Waals surface area contributed by atoms with E-state index in [4.69, 9.17) is 0 Å². The molecule has 0 fully saturated rings. The highest BCUT2D eigenvalue weighted by molar-refractivity contribution is 5.91. The molecule has 0 bridgehead atoms. The van der Waals surface area contributed by atoms with Crippen LogP contribution in [0.15, 0.2) is 24.3 Å². The molecule has 3 nitrogen and oxygen atoms in total. The summed E-state index contributed by atoms with van der Waals surface area (Å²) in [5.41, 5.74) is 0.569. The molecule has 94 valence electrons. The first-order valence-corrected chi connectivity index (χ1v) is 4.93.